The molecular weight excluding hydrogens is 388 g/mol. The molecule has 0 aromatic heterocycles. The van der Waals surface area contributed by atoms with Crippen LogP contribution in [-0.2, 0) is 0 Å². The third-order valence-corrected chi connectivity index (χ3v) is 5.49. The maximum atomic E-state index is 6.35. The monoisotopic (exact) mass is 404 g/mol. The second-order valence-corrected chi connectivity index (χ2v) is 7.49. The molecule has 0 fully saturated rings. The Morgan fingerprint density at radius 3 is 2.42 bits per heavy atom. The lowest BCUT2D eigenvalue weighted by Crippen LogP contribution is -2.33. The van der Waals surface area contributed by atoms with Crippen molar-refractivity contribution in [1.29, 1.82) is 0 Å². The van der Waals surface area contributed by atoms with Crippen molar-refractivity contribution in [3.63, 3.8) is 0 Å². The molecule has 3 aromatic rings. The van der Waals surface area contributed by atoms with Crippen molar-refractivity contribution in [2.75, 3.05) is 0 Å². The molecule has 0 bridgehead atoms. The quantitative estimate of drug-likeness (QED) is 0.547. The summed E-state index contributed by atoms with van der Waals surface area (Å²) in [4.78, 5) is 0. The third kappa shape index (κ3) is 2.61. The number of hydrogen-bond donors (Lipinski definition) is 0. The number of rotatable bonds is 2. The molecule has 0 saturated heterocycles. The highest BCUT2D eigenvalue weighted by atomic mass is 79.9. The first-order chi connectivity index (χ1) is 12.8. The van der Waals surface area contributed by atoms with Crippen LogP contribution in [-0.4, -0.2) is 10.7 Å². The fourth-order valence-electron chi connectivity index (χ4n) is 3.69. The molecule has 2 heterocycles. The molecular formula is C22H17BrN2O. The molecule has 3 nitrogen and oxygen atoms in total. The Labute approximate surface area is 161 Å². The summed E-state index contributed by atoms with van der Waals surface area (Å²) >= 11 is 3.51. The van der Waals surface area contributed by atoms with Crippen LogP contribution in [0.3, 0.4) is 0 Å². The van der Waals surface area contributed by atoms with Gasteiger partial charge < -0.3 is 4.74 Å². The van der Waals surface area contributed by atoms with Crippen LogP contribution in [0.5, 0.6) is 5.75 Å². The van der Waals surface area contributed by atoms with Gasteiger partial charge in [0.2, 0.25) is 6.23 Å². The van der Waals surface area contributed by atoms with Gasteiger partial charge in [0.1, 0.15) is 5.75 Å². The fraction of sp³-hybridized carbons (Fsp3) is 0.136. The largest absolute Gasteiger partial charge is 0.464 e. The second kappa shape index (κ2) is 6.29. The van der Waals surface area contributed by atoms with E-state index in [0.717, 1.165) is 33.5 Å². The van der Waals surface area contributed by atoms with Gasteiger partial charge in [-0.3, -0.25) is 0 Å². The first-order valence-corrected chi connectivity index (χ1v) is 9.51. The van der Waals surface area contributed by atoms with Crippen LogP contribution in [0.25, 0.3) is 0 Å². The van der Waals surface area contributed by atoms with Crippen molar-refractivity contribution in [2.24, 2.45) is 5.10 Å². The molecule has 3 aromatic carbocycles. The number of ether oxygens (including phenoxy) is 1. The Balaban J connectivity index is 1.59. The fourth-order valence-corrected chi connectivity index (χ4v) is 3.95. The predicted octanol–water partition coefficient (Wildman–Crippen LogP) is 5.69. The zero-order valence-electron chi connectivity index (χ0n) is 14.0. The number of hydrogen-bond acceptors (Lipinski definition) is 3. The number of hydrazone groups is 1. The zero-order valence-corrected chi connectivity index (χ0v) is 15.6. The summed E-state index contributed by atoms with van der Waals surface area (Å²) < 4.78 is 7.42. The lowest BCUT2D eigenvalue weighted by molar-refractivity contribution is -0.0190. The third-order valence-electron chi connectivity index (χ3n) is 4.96. The van der Waals surface area contributed by atoms with Crippen LogP contribution in [0.4, 0.5) is 0 Å². The number of benzene rings is 3. The number of para-hydroxylation sites is 1. The molecule has 0 unspecified atom stereocenters. The highest BCUT2D eigenvalue weighted by Gasteiger charge is 2.40. The lowest BCUT2D eigenvalue weighted by Gasteiger charge is -2.38. The van der Waals surface area contributed by atoms with Crippen LogP contribution in [0, 0.1) is 0 Å². The molecule has 0 saturated carbocycles. The Kier molecular flexibility index (Phi) is 3.79. The Morgan fingerprint density at radius 2 is 1.62 bits per heavy atom. The maximum Gasteiger partial charge on any atom is 0.213 e. The van der Waals surface area contributed by atoms with Gasteiger partial charge in [0.15, 0.2) is 0 Å². The minimum absolute atomic E-state index is 0.198. The van der Waals surface area contributed by atoms with Gasteiger partial charge in [-0.05, 0) is 23.8 Å². The SMILES string of the molecule is Brc1ccc(C2=NN3[C@H](C2)c2ccccc2O[C@H]3c2ccccc2)cc1. The van der Waals surface area contributed by atoms with Gasteiger partial charge >= 0.3 is 0 Å². The van der Waals surface area contributed by atoms with E-state index in [1.54, 1.807) is 0 Å². The second-order valence-electron chi connectivity index (χ2n) is 6.57. The summed E-state index contributed by atoms with van der Waals surface area (Å²) in [5, 5.41) is 7.10. The summed E-state index contributed by atoms with van der Waals surface area (Å²) in [6.07, 6.45) is 0.676. The van der Waals surface area contributed by atoms with E-state index in [1.165, 1.54) is 5.56 Å². The standard InChI is InChI=1S/C22H17BrN2O/c23-17-12-10-15(11-13-17)19-14-20-18-8-4-5-9-21(18)26-22(25(20)24-19)16-6-2-1-3-7-16/h1-13,20,22H,14H2/t20-,22+/m1/s1. The summed E-state index contributed by atoms with van der Waals surface area (Å²) in [5.74, 6) is 0.954. The van der Waals surface area contributed by atoms with Crippen molar-refractivity contribution in [3.05, 3.63) is 100 Å². The zero-order chi connectivity index (χ0) is 17.5. The maximum absolute atomic E-state index is 6.35. The van der Waals surface area contributed by atoms with Crippen LogP contribution in [0.2, 0.25) is 0 Å². The van der Waals surface area contributed by atoms with Crippen molar-refractivity contribution in [3.8, 4) is 5.75 Å². The topological polar surface area (TPSA) is 24.8 Å². The molecule has 2 aliphatic heterocycles. The molecule has 0 radical (unpaired) electrons. The van der Waals surface area contributed by atoms with Gasteiger partial charge in [-0.1, -0.05) is 76.6 Å². The van der Waals surface area contributed by atoms with E-state index in [2.05, 4.69) is 75.5 Å². The van der Waals surface area contributed by atoms with E-state index in [9.17, 15) is 0 Å². The molecule has 2 aliphatic rings. The van der Waals surface area contributed by atoms with Crippen molar-refractivity contribution >= 4 is 21.6 Å². The van der Waals surface area contributed by atoms with Crippen LogP contribution in [0.1, 0.15) is 35.4 Å². The molecule has 26 heavy (non-hydrogen) atoms. The van der Waals surface area contributed by atoms with E-state index in [-0.39, 0.29) is 12.3 Å². The molecule has 4 heteroatoms. The summed E-state index contributed by atoms with van der Waals surface area (Å²) in [6.45, 7) is 0. The Hall–Kier alpha value is -2.59. The average molecular weight is 405 g/mol. The Bertz CT molecular complexity index is 969. The van der Waals surface area contributed by atoms with Crippen molar-refractivity contribution in [1.82, 2.24) is 5.01 Å². The molecule has 2 atom stereocenters. The van der Waals surface area contributed by atoms with E-state index < -0.39 is 0 Å². The lowest BCUT2D eigenvalue weighted by atomic mass is 9.96. The van der Waals surface area contributed by atoms with E-state index >= 15 is 0 Å². The van der Waals surface area contributed by atoms with Crippen LogP contribution in [0.15, 0.2) is 88.4 Å². The van der Waals surface area contributed by atoms with Gasteiger partial charge in [-0.25, -0.2) is 5.01 Å². The van der Waals surface area contributed by atoms with Crippen LogP contribution < -0.4 is 4.74 Å². The normalized spacial score (nSPS) is 20.8. The highest BCUT2D eigenvalue weighted by Crippen LogP contribution is 2.47. The van der Waals surface area contributed by atoms with Gasteiger partial charge in [-0.15, -0.1) is 0 Å². The van der Waals surface area contributed by atoms with Gasteiger partial charge in [0.05, 0.1) is 11.8 Å². The minimum atomic E-state index is -0.205. The average Bonchev–Trinajstić information content (AvgIpc) is 3.14. The van der Waals surface area contributed by atoms with E-state index in [0.29, 0.717) is 0 Å². The Morgan fingerprint density at radius 1 is 0.885 bits per heavy atom. The van der Waals surface area contributed by atoms with E-state index in [1.807, 2.05) is 24.3 Å². The van der Waals surface area contributed by atoms with Crippen LogP contribution >= 0.6 is 15.9 Å². The first-order valence-electron chi connectivity index (χ1n) is 8.72. The van der Waals surface area contributed by atoms with Gasteiger partial charge in [-0.2, -0.15) is 5.10 Å². The minimum Gasteiger partial charge on any atom is -0.464 e. The van der Waals surface area contributed by atoms with Gasteiger partial charge in [0, 0.05) is 22.0 Å². The molecule has 128 valence electrons. The first kappa shape index (κ1) is 15.6. The molecule has 0 amide bonds. The summed E-state index contributed by atoms with van der Waals surface area (Å²) in [5.41, 5.74) is 4.58. The predicted molar refractivity (Wildman–Crippen MR) is 106 cm³/mol. The molecule has 0 N–H and O–H groups in total. The number of fused-ring (bicyclic) bond motifs is 3. The summed E-state index contributed by atoms with van der Waals surface area (Å²) in [7, 11) is 0. The smallest absolute Gasteiger partial charge is 0.213 e. The van der Waals surface area contributed by atoms with E-state index in [4.69, 9.17) is 9.84 Å². The summed E-state index contributed by atoms with van der Waals surface area (Å²) in [6, 6.07) is 27.2. The van der Waals surface area contributed by atoms with Crippen molar-refractivity contribution in [2.45, 2.75) is 18.7 Å². The van der Waals surface area contributed by atoms with Crippen molar-refractivity contribution < 1.29 is 4.74 Å². The molecule has 5 rings (SSSR count). The number of nitrogens with zero attached hydrogens (tertiary/aromatic N) is 2. The number of halogens is 1. The molecule has 0 spiro atoms. The van der Waals surface area contributed by atoms with Gasteiger partial charge in [0.25, 0.3) is 0 Å². The molecule has 0 aliphatic carbocycles. The highest BCUT2D eigenvalue weighted by molar-refractivity contribution is 9.10.